The van der Waals surface area contributed by atoms with Gasteiger partial charge in [0.1, 0.15) is 16.5 Å². The fourth-order valence-electron chi connectivity index (χ4n) is 3.00. The summed E-state index contributed by atoms with van der Waals surface area (Å²) in [6.45, 7) is 1.83. The van der Waals surface area contributed by atoms with E-state index in [1.54, 1.807) is 17.5 Å². The molecule has 0 spiro atoms. The van der Waals surface area contributed by atoms with Crippen molar-refractivity contribution in [3.05, 3.63) is 51.7 Å². The molecule has 1 aliphatic rings. The summed E-state index contributed by atoms with van der Waals surface area (Å²) in [6, 6.07) is 6.78. The molecule has 1 fully saturated rings. The van der Waals surface area contributed by atoms with Crippen LogP contribution in [0.25, 0.3) is 0 Å². The second-order valence-corrected chi connectivity index (χ2v) is 6.84. The molecule has 2 aromatic rings. The molecule has 1 amide bonds. The molecule has 1 aromatic heterocycles. The number of piperidine rings is 1. The van der Waals surface area contributed by atoms with Gasteiger partial charge in [-0.25, -0.2) is 9.37 Å². The number of hydrogen-bond acceptors (Lipinski definition) is 4. The summed E-state index contributed by atoms with van der Waals surface area (Å²) in [4.78, 5) is 18.5. The summed E-state index contributed by atoms with van der Waals surface area (Å²) in [5, 5.41) is 2.57. The molecule has 0 bridgehead atoms. The van der Waals surface area contributed by atoms with Crippen molar-refractivity contribution in [2.45, 2.75) is 25.8 Å². The van der Waals surface area contributed by atoms with E-state index in [1.807, 2.05) is 11.0 Å². The number of nitrogens with two attached hydrogens (primary N) is 1. The van der Waals surface area contributed by atoms with Gasteiger partial charge in [0.2, 0.25) is 0 Å². The number of amides is 1. The van der Waals surface area contributed by atoms with E-state index < -0.39 is 0 Å². The lowest BCUT2D eigenvalue weighted by molar-refractivity contribution is 0.0685. The van der Waals surface area contributed by atoms with E-state index in [1.165, 1.54) is 17.4 Å². The minimum Gasteiger partial charge on any atom is -0.337 e. The highest BCUT2D eigenvalue weighted by Crippen LogP contribution is 2.23. The van der Waals surface area contributed by atoms with Gasteiger partial charge in [0, 0.05) is 25.0 Å². The molecular formula is C17H21ClFN3OS. The Kier molecular flexibility index (Phi) is 6.71. The smallest absolute Gasteiger partial charge is 0.273 e. The number of thiazole rings is 1. The predicted molar refractivity (Wildman–Crippen MR) is 96.0 cm³/mol. The number of nitrogens with zero attached hydrogens (tertiary/aromatic N) is 2. The van der Waals surface area contributed by atoms with Crippen LogP contribution in [0.3, 0.4) is 0 Å². The van der Waals surface area contributed by atoms with Crippen molar-refractivity contribution in [1.82, 2.24) is 9.88 Å². The van der Waals surface area contributed by atoms with E-state index in [2.05, 4.69) is 4.98 Å². The monoisotopic (exact) mass is 369 g/mol. The first kappa shape index (κ1) is 18.8. The first-order valence-corrected chi connectivity index (χ1v) is 8.72. The number of aromatic nitrogens is 1. The minimum absolute atomic E-state index is 0. The molecule has 1 aliphatic heterocycles. The van der Waals surface area contributed by atoms with E-state index in [-0.39, 0.29) is 24.1 Å². The Bertz CT molecular complexity index is 686. The number of likely N-dealkylation sites (tertiary alicyclic amines) is 1. The van der Waals surface area contributed by atoms with Crippen LogP contribution in [0.15, 0.2) is 29.6 Å². The van der Waals surface area contributed by atoms with E-state index in [4.69, 9.17) is 5.73 Å². The first-order chi connectivity index (χ1) is 11.2. The summed E-state index contributed by atoms with van der Waals surface area (Å²) in [6.07, 6.45) is 2.75. The fourth-order valence-corrected chi connectivity index (χ4v) is 3.65. The van der Waals surface area contributed by atoms with E-state index in [0.29, 0.717) is 18.2 Å². The van der Waals surface area contributed by atoms with Gasteiger partial charge < -0.3 is 10.6 Å². The predicted octanol–water partition coefficient (Wildman–Crippen LogP) is 3.26. The van der Waals surface area contributed by atoms with Crippen LogP contribution in [0.4, 0.5) is 4.39 Å². The lowest BCUT2D eigenvalue weighted by Crippen LogP contribution is -2.39. The third kappa shape index (κ3) is 4.53. The zero-order valence-corrected chi connectivity index (χ0v) is 14.9. The Labute approximate surface area is 151 Å². The molecule has 1 aromatic carbocycles. The fraction of sp³-hybridized carbons (Fsp3) is 0.412. The highest BCUT2D eigenvalue weighted by molar-refractivity contribution is 7.09. The summed E-state index contributed by atoms with van der Waals surface area (Å²) in [7, 11) is 0. The third-order valence-electron chi connectivity index (χ3n) is 4.26. The maximum atomic E-state index is 13.2. The summed E-state index contributed by atoms with van der Waals surface area (Å²) < 4.78 is 13.2. The van der Waals surface area contributed by atoms with E-state index in [9.17, 15) is 9.18 Å². The van der Waals surface area contributed by atoms with Crippen molar-refractivity contribution in [3.8, 4) is 0 Å². The summed E-state index contributed by atoms with van der Waals surface area (Å²) in [5.74, 6) is 0.301. The van der Waals surface area contributed by atoms with Crippen LogP contribution in [0.5, 0.6) is 0 Å². The highest BCUT2D eigenvalue weighted by Gasteiger charge is 2.25. The van der Waals surface area contributed by atoms with Crippen molar-refractivity contribution < 1.29 is 9.18 Å². The van der Waals surface area contributed by atoms with Crippen LogP contribution in [0.2, 0.25) is 0 Å². The number of rotatable bonds is 4. The second kappa shape index (κ2) is 8.55. The molecule has 3 rings (SSSR count). The van der Waals surface area contributed by atoms with Gasteiger partial charge in [-0.1, -0.05) is 12.1 Å². The van der Waals surface area contributed by atoms with Crippen LogP contribution in [-0.4, -0.2) is 28.9 Å². The molecule has 0 aliphatic carbocycles. The van der Waals surface area contributed by atoms with Crippen molar-refractivity contribution in [3.63, 3.8) is 0 Å². The average Bonchev–Trinajstić information content (AvgIpc) is 3.04. The number of halogens is 2. The molecule has 4 nitrogen and oxygen atoms in total. The standard InChI is InChI=1S/C17H20FN3OS.ClH/c18-14-3-1-2-13(9-14)8-12-4-6-21(7-5-12)17(22)15-11-23-16(10-19)20-15;/h1-3,9,11-12H,4-8,10,19H2;1H. The molecule has 7 heteroatoms. The Balaban J connectivity index is 0.00000208. The van der Waals surface area contributed by atoms with E-state index >= 15 is 0 Å². The van der Waals surface area contributed by atoms with Crippen molar-refractivity contribution in [2.24, 2.45) is 11.7 Å². The van der Waals surface area contributed by atoms with Crippen molar-refractivity contribution in [1.29, 1.82) is 0 Å². The van der Waals surface area contributed by atoms with Gasteiger partial charge in [-0.2, -0.15) is 0 Å². The van der Waals surface area contributed by atoms with Gasteiger partial charge >= 0.3 is 0 Å². The number of carbonyl (C=O) groups is 1. The normalized spacial score (nSPS) is 15.2. The molecule has 1 saturated heterocycles. The van der Waals surface area contributed by atoms with Crippen LogP contribution in [0, 0.1) is 11.7 Å². The summed E-state index contributed by atoms with van der Waals surface area (Å²) in [5.41, 5.74) is 7.07. The summed E-state index contributed by atoms with van der Waals surface area (Å²) >= 11 is 1.43. The van der Waals surface area contributed by atoms with Crippen LogP contribution in [0.1, 0.15) is 33.9 Å². The van der Waals surface area contributed by atoms with E-state index in [0.717, 1.165) is 42.9 Å². The van der Waals surface area contributed by atoms with Gasteiger partial charge in [-0.05, 0) is 42.9 Å². The topological polar surface area (TPSA) is 59.2 Å². The third-order valence-corrected chi connectivity index (χ3v) is 5.13. The molecule has 2 N–H and O–H groups in total. The first-order valence-electron chi connectivity index (χ1n) is 7.84. The van der Waals surface area contributed by atoms with Gasteiger partial charge in [-0.3, -0.25) is 4.79 Å². The molecule has 0 atom stereocenters. The maximum absolute atomic E-state index is 13.2. The van der Waals surface area contributed by atoms with Crippen LogP contribution < -0.4 is 5.73 Å². The highest BCUT2D eigenvalue weighted by atomic mass is 35.5. The second-order valence-electron chi connectivity index (χ2n) is 5.90. The molecule has 0 unspecified atom stereocenters. The Morgan fingerprint density at radius 2 is 2.12 bits per heavy atom. The zero-order chi connectivity index (χ0) is 16.2. The molecule has 24 heavy (non-hydrogen) atoms. The molecule has 0 saturated carbocycles. The molecule has 130 valence electrons. The molecule has 0 radical (unpaired) electrons. The number of hydrogen-bond donors (Lipinski definition) is 1. The van der Waals surface area contributed by atoms with Gasteiger partial charge in [0.25, 0.3) is 5.91 Å². The zero-order valence-electron chi connectivity index (χ0n) is 13.3. The van der Waals surface area contributed by atoms with Crippen molar-refractivity contribution >= 4 is 29.7 Å². The SMILES string of the molecule is Cl.NCc1nc(C(=O)N2CCC(Cc3cccc(F)c3)CC2)cs1. The quantitative estimate of drug-likeness (QED) is 0.899. The number of benzene rings is 1. The average molecular weight is 370 g/mol. The largest absolute Gasteiger partial charge is 0.337 e. The van der Waals surface area contributed by atoms with Gasteiger partial charge in [0.15, 0.2) is 0 Å². The Hall–Kier alpha value is -1.50. The van der Waals surface area contributed by atoms with Gasteiger partial charge in [-0.15, -0.1) is 23.7 Å². The van der Waals surface area contributed by atoms with Crippen LogP contribution in [-0.2, 0) is 13.0 Å². The van der Waals surface area contributed by atoms with Crippen molar-refractivity contribution in [2.75, 3.05) is 13.1 Å². The molecule has 2 heterocycles. The Morgan fingerprint density at radius 3 is 2.75 bits per heavy atom. The lowest BCUT2D eigenvalue weighted by Gasteiger charge is -2.31. The molecular weight excluding hydrogens is 349 g/mol. The lowest BCUT2D eigenvalue weighted by atomic mass is 9.90. The van der Waals surface area contributed by atoms with Crippen LogP contribution >= 0.6 is 23.7 Å². The van der Waals surface area contributed by atoms with Gasteiger partial charge in [0.05, 0.1) is 0 Å². The number of carbonyl (C=O) groups excluding carboxylic acids is 1. The minimum atomic E-state index is -0.186. The maximum Gasteiger partial charge on any atom is 0.273 e. The Morgan fingerprint density at radius 1 is 1.38 bits per heavy atom.